The number of rotatable bonds is 2. The summed E-state index contributed by atoms with van der Waals surface area (Å²) < 4.78 is 0.993. The molecule has 2 N–H and O–H groups in total. The number of hydrogen-bond acceptors (Lipinski definition) is 2. The molecule has 1 heterocycles. The van der Waals surface area contributed by atoms with E-state index in [1.165, 1.54) is 0 Å². The second kappa shape index (κ2) is 4.76. The van der Waals surface area contributed by atoms with Gasteiger partial charge in [0.1, 0.15) is 5.76 Å². The van der Waals surface area contributed by atoms with E-state index < -0.39 is 0 Å². The molecule has 0 aromatic heterocycles. The predicted octanol–water partition coefficient (Wildman–Crippen LogP) is 3.11. The summed E-state index contributed by atoms with van der Waals surface area (Å²) >= 11 is 3.46. The Morgan fingerprint density at radius 1 is 1.44 bits per heavy atom. The van der Waals surface area contributed by atoms with E-state index in [2.05, 4.69) is 21.2 Å². The molecule has 0 radical (unpaired) electrons. The van der Waals surface area contributed by atoms with Crippen molar-refractivity contribution in [3.8, 4) is 0 Å². The molecule has 96 valence electrons. The third-order valence-corrected chi connectivity index (χ3v) is 3.71. The second-order valence-corrected chi connectivity index (χ2v) is 5.48. The van der Waals surface area contributed by atoms with Gasteiger partial charge < -0.3 is 10.4 Å². The zero-order valence-electron chi connectivity index (χ0n) is 10.7. The summed E-state index contributed by atoms with van der Waals surface area (Å²) in [7, 11) is 0. The Morgan fingerprint density at radius 2 is 2.11 bits per heavy atom. The van der Waals surface area contributed by atoms with Crippen LogP contribution in [0.1, 0.15) is 30.5 Å². The van der Waals surface area contributed by atoms with Crippen LogP contribution >= 0.6 is 15.9 Å². The molecule has 1 amide bonds. The highest BCUT2D eigenvalue weighted by molar-refractivity contribution is 9.10. The molecule has 18 heavy (non-hydrogen) atoms. The Labute approximate surface area is 115 Å². The van der Waals surface area contributed by atoms with E-state index >= 15 is 0 Å². The molecule has 0 fully saturated rings. The summed E-state index contributed by atoms with van der Waals surface area (Å²) in [6.07, 6.45) is 0.814. The van der Waals surface area contributed by atoms with Gasteiger partial charge in [-0.05, 0) is 49.1 Å². The number of aryl methyl sites for hydroxylation is 2. The largest absolute Gasteiger partial charge is 0.509 e. The summed E-state index contributed by atoms with van der Waals surface area (Å²) in [5, 5.41) is 12.8. The lowest BCUT2D eigenvalue weighted by atomic mass is 9.93. The summed E-state index contributed by atoms with van der Waals surface area (Å²) in [6.45, 7) is 5.77. The highest BCUT2D eigenvalue weighted by Crippen LogP contribution is 2.32. The molecule has 0 saturated heterocycles. The van der Waals surface area contributed by atoms with Crippen molar-refractivity contribution in [2.45, 2.75) is 33.2 Å². The Balaban J connectivity index is 2.68. The van der Waals surface area contributed by atoms with Crippen LogP contribution in [-0.4, -0.2) is 17.1 Å². The Kier molecular flexibility index (Phi) is 3.48. The fraction of sp³-hybridized carbons (Fsp3) is 0.357. The molecule has 1 aliphatic heterocycles. The van der Waals surface area contributed by atoms with E-state index in [0.717, 1.165) is 27.6 Å². The number of amides is 1. The maximum absolute atomic E-state index is 12.0. The van der Waals surface area contributed by atoms with E-state index in [4.69, 9.17) is 0 Å². The van der Waals surface area contributed by atoms with Gasteiger partial charge in [0.25, 0.3) is 5.91 Å². The van der Waals surface area contributed by atoms with Gasteiger partial charge in [0.05, 0.1) is 11.6 Å². The van der Waals surface area contributed by atoms with Crippen molar-refractivity contribution in [2.75, 3.05) is 0 Å². The van der Waals surface area contributed by atoms with Crippen LogP contribution in [0.2, 0.25) is 0 Å². The van der Waals surface area contributed by atoms with Gasteiger partial charge >= 0.3 is 0 Å². The number of aliphatic hydroxyl groups excluding tert-OH is 1. The van der Waals surface area contributed by atoms with Crippen molar-refractivity contribution in [3.63, 3.8) is 0 Å². The number of carbonyl (C=O) groups is 1. The van der Waals surface area contributed by atoms with Crippen LogP contribution in [0.25, 0.3) is 5.57 Å². The van der Waals surface area contributed by atoms with E-state index in [0.29, 0.717) is 5.57 Å². The fourth-order valence-electron chi connectivity index (χ4n) is 2.36. The van der Waals surface area contributed by atoms with E-state index in [9.17, 15) is 9.90 Å². The molecule has 0 bridgehead atoms. The molecule has 0 saturated carbocycles. The maximum Gasteiger partial charge on any atom is 0.255 e. The highest BCUT2D eigenvalue weighted by atomic mass is 79.9. The van der Waals surface area contributed by atoms with Gasteiger partial charge in [-0.3, -0.25) is 4.79 Å². The molecule has 0 spiro atoms. The first-order valence-electron chi connectivity index (χ1n) is 5.99. The van der Waals surface area contributed by atoms with Gasteiger partial charge in [0, 0.05) is 4.47 Å². The number of carbonyl (C=O) groups excluding carboxylic acids is 1. The molecule has 4 heteroatoms. The van der Waals surface area contributed by atoms with Crippen molar-refractivity contribution >= 4 is 27.4 Å². The van der Waals surface area contributed by atoms with Crippen LogP contribution in [0.15, 0.2) is 22.4 Å². The average Bonchev–Trinajstić information content (AvgIpc) is 2.54. The van der Waals surface area contributed by atoms with Gasteiger partial charge in [-0.15, -0.1) is 0 Å². The summed E-state index contributed by atoms with van der Waals surface area (Å²) in [6, 6.07) is 3.66. The van der Waals surface area contributed by atoms with Crippen LogP contribution in [0.5, 0.6) is 0 Å². The number of aliphatic hydroxyl groups is 1. The van der Waals surface area contributed by atoms with Crippen molar-refractivity contribution < 1.29 is 9.90 Å². The van der Waals surface area contributed by atoms with Gasteiger partial charge in [-0.25, -0.2) is 0 Å². The van der Waals surface area contributed by atoms with Crippen LogP contribution < -0.4 is 5.32 Å². The predicted molar refractivity (Wildman–Crippen MR) is 75.4 cm³/mol. The van der Waals surface area contributed by atoms with Crippen LogP contribution in [0.4, 0.5) is 0 Å². The van der Waals surface area contributed by atoms with E-state index in [-0.39, 0.29) is 17.7 Å². The van der Waals surface area contributed by atoms with Gasteiger partial charge in [-0.2, -0.15) is 0 Å². The fourth-order valence-corrected chi connectivity index (χ4v) is 2.98. The lowest BCUT2D eigenvalue weighted by molar-refractivity contribution is -0.115. The molecule has 1 aliphatic rings. The number of halogens is 1. The zero-order chi connectivity index (χ0) is 13.4. The zero-order valence-corrected chi connectivity index (χ0v) is 12.3. The molecule has 1 aromatic carbocycles. The monoisotopic (exact) mass is 309 g/mol. The van der Waals surface area contributed by atoms with Crippen molar-refractivity contribution in [2.24, 2.45) is 0 Å². The minimum absolute atomic E-state index is 0.139. The summed E-state index contributed by atoms with van der Waals surface area (Å²) in [5.41, 5.74) is 3.34. The van der Waals surface area contributed by atoms with Crippen molar-refractivity contribution in [1.29, 1.82) is 0 Å². The molecule has 2 rings (SSSR count). The quantitative estimate of drug-likeness (QED) is 0.882. The molecule has 1 aromatic rings. The van der Waals surface area contributed by atoms with Crippen LogP contribution in [0, 0.1) is 6.92 Å². The van der Waals surface area contributed by atoms with E-state index in [1.807, 2.05) is 26.0 Å². The topological polar surface area (TPSA) is 49.3 Å². The standard InChI is InChI=1S/C14H16BrNO2/c1-4-9-6-10(15)5-7(2)11(9)12-13(17)8(3)16-14(12)18/h5-6,8,17H,4H2,1-3H3,(H,16,18). The molecule has 0 aliphatic carbocycles. The van der Waals surface area contributed by atoms with E-state index in [1.54, 1.807) is 6.92 Å². The summed E-state index contributed by atoms with van der Waals surface area (Å²) in [5.74, 6) is -0.0553. The SMILES string of the molecule is CCc1cc(Br)cc(C)c1C1=C(O)C(C)NC1=O. The first kappa shape index (κ1) is 13.1. The highest BCUT2D eigenvalue weighted by Gasteiger charge is 2.31. The van der Waals surface area contributed by atoms with Gasteiger partial charge in [0.2, 0.25) is 0 Å². The molecular formula is C14H16BrNO2. The lowest BCUT2D eigenvalue weighted by Gasteiger charge is -2.12. The third-order valence-electron chi connectivity index (χ3n) is 3.25. The normalized spacial score (nSPS) is 19.3. The molecule has 1 unspecified atom stereocenters. The smallest absolute Gasteiger partial charge is 0.255 e. The minimum atomic E-state index is -0.305. The Bertz CT molecular complexity index is 549. The van der Waals surface area contributed by atoms with Crippen molar-refractivity contribution in [1.82, 2.24) is 5.32 Å². The van der Waals surface area contributed by atoms with Crippen LogP contribution in [0.3, 0.4) is 0 Å². The molecular weight excluding hydrogens is 294 g/mol. The van der Waals surface area contributed by atoms with Crippen LogP contribution in [-0.2, 0) is 11.2 Å². The maximum atomic E-state index is 12.0. The minimum Gasteiger partial charge on any atom is -0.509 e. The lowest BCUT2D eigenvalue weighted by Crippen LogP contribution is -2.25. The van der Waals surface area contributed by atoms with Gasteiger partial charge in [-0.1, -0.05) is 22.9 Å². The second-order valence-electron chi connectivity index (χ2n) is 4.57. The summed E-state index contributed by atoms with van der Waals surface area (Å²) in [4.78, 5) is 12.0. The molecule has 3 nitrogen and oxygen atoms in total. The number of hydrogen-bond donors (Lipinski definition) is 2. The average molecular weight is 310 g/mol. The van der Waals surface area contributed by atoms with Crippen molar-refractivity contribution in [3.05, 3.63) is 39.1 Å². The Morgan fingerprint density at radius 3 is 2.61 bits per heavy atom. The molecule has 1 atom stereocenters. The number of nitrogens with one attached hydrogen (secondary N) is 1. The van der Waals surface area contributed by atoms with Gasteiger partial charge in [0.15, 0.2) is 0 Å². The third kappa shape index (κ3) is 2.05. The number of benzene rings is 1. The Hall–Kier alpha value is -1.29. The first-order chi connectivity index (χ1) is 8.45. The first-order valence-corrected chi connectivity index (χ1v) is 6.78.